The second kappa shape index (κ2) is 2.73. The molecule has 0 spiro atoms. The van der Waals surface area contributed by atoms with Crippen LogP contribution in [-0.2, 0) is 0 Å². The van der Waals surface area contributed by atoms with Crippen molar-refractivity contribution in [1.82, 2.24) is 0 Å². The van der Waals surface area contributed by atoms with Gasteiger partial charge in [0.05, 0.1) is 5.39 Å². The van der Waals surface area contributed by atoms with Crippen molar-refractivity contribution in [3.63, 3.8) is 0 Å². The third-order valence-electron chi connectivity index (χ3n) is 2.14. The van der Waals surface area contributed by atoms with Gasteiger partial charge in [-0.15, -0.1) is 0 Å². The molecule has 0 saturated carbocycles. The Morgan fingerprint density at radius 2 is 1.77 bits per heavy atom. The molecular weight excluding hydrogens is 162 g/mol. The van der Waals surface area contributed by atoms with Crippen molar-refractivity contribution < 1.29 is 9.94 Å². The molecule has 0 saturated heterocycles. The summed E-state index contributed by atoms with van der Waals surface area (Å²) in [4.78, 5) is 0. The quantitative estimate of drug-likeness (QED) is 0.479. The topological polar surface area (TPSA) is 24.1 Å². The molecule has 0 aliphatic rings. The van der Waals surface area contributed by atoms with Crippen LogP contribution in [0.2, 0.25) is 0 Å². The first kappa shape index (κ1) is 8.05. The van der Waals surface area contributed by atoms with Gasteiger partial charge < -0.3 is 0 Å². The molecule has 2 nitrogen and oxygen atoms in total. The first-order valence-electron chi connectivity index (χ1n) is 4.29. The number of benzene rings is 1. The summed E-state index contributed by atoms with van der Waals surface area (Å²) >= 11 is 0. The number of hydrogen-bond donors (Lipinski definition) is 1. The molecule has 1 heterocycles. The Morgan fingerprint density at radius 1 is 1.08 bits per heavy atom. The van der Waals surface area contributed by atoms with Crippen molar-refractivity contribution in [1.29, 1.82) is 0 Å². The normalized spacial score (nSPS) is 10.6. The molecule has 66 valence electrons. The third kappa shape index (κ3) is 1.35. The van der Waals surface area contributed by atoms with E-state index in [0.717, 1.165) is 16.5 Å². The average Bonchev–Trinajstić information content (AvgIpc) is 2.02. The van der Waals surface area contributed by atoms with Gasteiger partial charge in [0.15, 0.2) is 0 Å². The molecule has 13 heavy (non-hydrogen) atoms. The molecule has 0 aliphatic heterocycles. The summed E-state index contributed by atoms with van der Waals surface area (Å²) in [7, 11) is 0. The fourth-order valence-electron chi connectivity index (χ4n) is 1.54. The van der Waals surface area contributed by atoms with Crippen LogP contribution in [0.3, 0.4) is 0 Å². The molecule has 0 unspecified atom stereocenters. The fourth-order valence-corrected chi connectivity index (χ4v) is 1.54. The number of pyridine rings is 1. The van der Waals surface area contributed by atoms with Crippen LogP contribution in [0, 0.1) is 13.8 Å². The van der Waals surface area contributed by atoms with E-state index in [1.54, 1.807) is 6.20 Å². The monoisotopic (exact) mass is 174 g/mol. The molecule has 1 aromatic heterocycles. The molecule has 0 aliphatic carbocycles. The SMILES string of the molecule is Cc1ccc2c(c1)cc(C)c[n+]2O. The maximum Gasteiger partial charge on any atom is 0.264 e. The number of rotatable bonds is 0. The van der Waals surface area contributed by atoms with E-state index in [1.165, 1.54) is 10.3 Å². The molecule has 0 bridgehead atoms. The van der Waals surface area contributed by atoms with Gasteiger partial charge in [0.25, 0.3) is 5.52 Å². The summed E-state index contributed by atoms with van der Waals surface area (Å²) in [5.41, 5.74) is 3.11. The summed E-state index contributed by atoms with van der Waals surface area (Å²) in [5.74, 6) is 0. The lowest BCUT2D eigenvalue weighted by molar-refractivity contribution is -0.884. The minimum atomic E-state index is 0.844. The van der Waals surface area contributed by atoms with Crippen LogP contribution < -0.4 is 4.73 Å². The van der Waals surface area contributed by atoms with Gasteiger partial charge in [0.1, 0.15) is 0 Å². The highest BCUT2D eigenvalue weighted by Gasteiger charge is 2.07. The van der Waals surface area contributed by atoms with Crippen LogP contribution in [0.25, 0.3) is 10.9 Å². The summed E-state index contributed by atoms with van der Waals surface area (Å²) < 4.78 is 1.17. The predicted molar refractivity (Wildman–Crippen MR) is 50.8 cm³/mol. The minimum Gasteiger partial charge on any atom is -0.285 e. The van der Waals surface area contributed by atoms with Crippen LogP contribution in [0.4, 0.5) is 0 Å². The van der Waals surface area contributed by atoms with Crippen molar-refractivity contribution in [2.75, 3.05) is 0 Å². The molecule has 0 radical (unpaired) electrons. The van der Waals surface area contributed by atoms with Gasteiger partial charge in [0.2, 0.25) is 6.20 Å². The van der Waals surface area contributed by atoms with E-state index in [2.05, 4.69) is 12.1 Å². The molecule has 0 atom stereocenters. The van der Waals surface area contributed by atoms with Gasteiger partial charge >= 0.3 is 0 Å². The first-order chi connectivity index (χ1) is 6.16. The van der Waals surface area contributed by atoms with Gasteiger partial charge in [-0.25, -0.2) is 0 Å². The van der Waals surface area contributed by atoms with Gasteiger partial charge in [0, 0.05) is 16.4 Å². The van der Waals surface area contributed by atoms with E-state index < -0.39 is 0 Å². The summed E-state index contributed by atoms with van der Waals surface area (Å²) in [5, 5.41) is 10.6. The Bertz CT molecular complexity index is 458. The summed E-state index contributed by atoms with van der Waals surface area (Å²) in [6.45, 7) is 4.01. The minimum absolute atomic E-state index is 0.844. The number of aromatic nitrogens is 1. The average molecular weight is 174 g/mol. The highest BCUT2D eigenvalue weighted by molar-refractivity contribution is 5.76. The largest absolute Gasteiger partial charge is 0.285 e. The zero-order valence-electron chi connectivity index (χ0n) is 7.78. The molecule has 0 fully saturated rings. The van der Waals surface area contributed by atoms with Crippen LogP contribution in [0.1, 0.15) is 11.1 Å². The fraction of sp³-hybridized carbons (Fsp3) is 0.182. The number of nitrogens with zero attached hydrogens (tertiary/aromatic N) is 1. The van der Waals surface area contributed by atoms with Gasteiger partial charge in [-0.2, -0.15) is 0 Å². The van der Waals surface area contributed by atoms with Gasteiger partial charge in [-0.1, -0.05) is 11.6 Å². The van der Waals surface area contributed by atoms with Crippen molar-refractivity contribution in [3.8, 4) is 0 Å². The zero-order valence-corrected chi connectivity index (χ0v) is 7.78. The Hall–Kier alpha value is -1.57. The standard InChI is InChI=1S/C11H12NO/c1-8-3-4-11-10(5-8)6-9(2)7-12(11)13/h3-7,13H,1-2H3/q+1. The highest BCUT2D eigenvalue weighted by Crippen LogP contribution is 2.12. The van der Waals surface area contributed by atoms with Crippen LogP contribution in [-0.4, -0.2) is 5.21 Å². The van der Waals surface area contributed by atoms with Crippen LogP contribution in [0.15, 0.2) is 30.5 Å². The number of fused-ring (bicyclic) bond motifs is 1. The smallest absolute Gasteiger partial charge is 0.264 e. The van der Waals surface area contributed by atoms with Gasteiger partial charge in [-0.05, 0) is 26.0 Å². The van der Waals surface area contributed by atoms with Crippen molar-refractivity contribution >= 4 is 10.9 Å². The van der Waals surface area contributed by atoms with E-state index in [1.807, 2.05) is 26.0 Å². The van der Waals surface area contributed by atoms with Crippen molar-refractivity contribution in [2.45, 2.75) is 13.8 Å². The van der Waals surface area contributed by atoms with E-state index in [0.29, 0.717) is 0 Å². The zero-order chi connectivity index (χ0) is 9.42. The molecule has 2 rings (SSSR count). The lowest BCUT2D eigenvalue weighted by atomic mass is 10.1. The predicted octanol–water partition coefficient (Wildman–Crippen LogP) is 1.98. The second-order valence-electron chi connectivity index (χ2n) is 3.42. The van der Waals surface area contributed by atoms with E-state index in [9.17, 15) is 5.21 Å². The second-order valence-corrected chi connectivity index (χ2v) is 3.42. The lowest BCUT2D eigenvalue weighted by Gasteiger charge is -1.96. The Morgan fingerprint density at radius 3 is 2.54 bits per heavy atom. The molecule has 2 aromatic rings. The van der Waals surface area contributed by atoms with E-state index >= 15 is 0 Å². The molecule has 2 heteroatoms. The van der Waals surface area contributed by atoms with Crippen LogP contribution in [0.5, 0.6) is 0 Å². The molecule has 1 aromatic carbocycles. The molecule has 0 amide bonds. The van der Waals surface area contributed by atoms with Gasteiger partial charge in [-0.3, -0.25) is 5.21 Å². The molecular formula is C11H12NO+. The number of aryl methyl sites for hydroxylation is 2. The van der Waals surface area contributed by atoms with Crippen molar-refractivity contribution in [2.24, 2.45) is 0 Å². The first-order valence-corrected chi connectivity index (χ1v) is 4.29. The van der Waals surface area contributed by atoms with E-state index in [4.69, 9.17) is 0 Å². The summed E-state index contributed by atoms with van der Waals surface area (Å²) in [6, 6.07) is 8.04. The Balaban J connectivity index is 2.86. The van der Waals surface area contributed by atoms with Crippen molar-refractivity contribution in [3.05, 3.63) is 41.6 Å². The third-order valence-corrected chi connectivity index (χ3v) is 2.14. The van der Waals surface area contributed by atoms with Crippen LogP contribution >= 0.6 is 0 Å². The van der Waals surface area contributed by atoms with E-state index in [-0.39, 0.29) is 0 Å². The number of hydrogen-bond acceptors (Lipinski definition) is 1. The Labute approximate surface area is 77.0 Å². The maximum absolute atomic E-state index is 9.56. The summed E-state index contributed by atoms with van der Waals surface area (Å²) in [6.07, 6.45) is 1.71. The highest BCUT2D eigenvalue weighted by atomic mass is 16.5. The molecule has 1 N–H and O–H groups in total. The lowest BCUT2D eigenvalue weighted by Crippen LogP contribution is -2.30. The Kier molecular flexibility index (Phi) is 1.69. The maximum atomic E-state index is 9.56.